The number of piperidine rings is 1. The Labute approximate surface area is 255 Å². The maximum absolute atomic E-state index is 12.4. The fourth-order valence-electron chi connectivity index (χ4n) is 5.84. The number of amides is 1. The number of pyridine rings is 1. The zero-order valence-electron chi connectivity index (χ0n) is 24.5. The summed E-state index contributed by atoms with van der Waals surface area (Å²) in [6.07, 6.45) is 2.91. The monoisotopic (exact) mass is 583 g/mol. The highest BCUT2D eigenvalue weighted by atomic mass is 16.6. The van der Waals surface area contributed by atoms with E-state index in [0.717, 1.165) is 77.2 Å². The number of aromatic nitrogens is 4. The first kappa shape index (κ1) is 27.5. The number of rotatable bonds is 6. The van der Waals surface area contributed by atoms with E-state index in [4.69, 9.17) is 15.5 Å². The average molecular weight is 584 g/mol. The van der Waals surface area contributed by atoms with Crippen LogP contribution in [0.5, 0.6) is 0 Å². The highest BCUT2D eigenvalue weighted by molar-refractivity contribution is 5.90. The van der Waals surface area contributed by atoms with E-state index < -0.39 is 6.09 Å². The van der Waals surface area contributed by atoms with Gasteiger partial charge in [-0.25, -0.2) is 14.8 Å². The number of carbonyl (C=O) groups is 1. The van der Waals surface area contributed by atoms with Crippen molar-refractivity contribution in [2.45, 2.75) is 32.4 Å². The third-order valence-electron chi connectivity index (χ3n) is 8.04. The lowest BCUT2D eigenvalue weighted by Gasteiger charge is -2.31. The summed E-state index contributed by atoms with van der Waals surface area (Å²) in [5.41, 5.74) is 14.8. The molecule has 1 aliphatic rings. The van der Waals surface area contributed by atoms with Gasteiger partial charge < -0.3 is 10.5 Å². The van der Waals surface area contributed by atoms with Crippen LogP contribution in [-0.4, -0.2) is 49.8 Å². The number of likely N-dealkylation sites (tertiary alicyclic amines) is 1. The van der Waals surface area contributed by atoms with Crippen molar-refractivity contribution in [3.63, 3.8) is 0 Å². The molecule has 6 aromatic rings. The third kappa shape index (κ3) is 5.82. The summed E-state index contributed by atoms with van der Waals surface area (Å²) in [7, 11) is 0. The molecule has 1 aliphatic heterocycles. The van der Waals surface area contributed by atoms with E-state index in [1.807, 2.05) is 41.9 Å². The van der Waals surface area contributed by atoms with Crippen LogP contribution in [0.2, 0.25) is 0 Å². The molecule has 44 heavy (non-hydrogen) atoms. The number of aryl methyl sites for hydroxylation is 1. The standard InChI is InChI=1S/C35H33N7O2/c1-23-18-32-37-21-27-19-31(25-6-3-2-4-7-25)33(39-34(27)42(32)40-23)26-12-10-24(11-13-26)22-41-16-14-30(15-17-41)44-35(43)38-29-9-5-8-28(36)20-29/h2-13,18-21,30H,14-17,22,36H2,1H3,(H,38,43). The van der Waals surface area contributed by atoms with Gasteiger partial charge in [0, 0.05) is 59.8 Å². The van der Waals surface area contributed by atoms with Crippen LogP contribution in [-0.2, 0) is 11.3 Å². The van der Waals surface area contributed by atoms with E-state index in [9.17, 15) is 4.79 Å². The van der Waals surface area contributed by atoms with E-state index in [2.05, 4.69) is 62.8 Å². The van der Waals surface area contributed by atoms with Crippen LogP contribution < -0.4 is 11.1 Å². The molecule has 3 aromatic heterocycles. The van der Waals surface area contributed by atoms with Crippen molar-refractivity contribution in [3.8, 4) is 22.4 Å². The normalized spacial score (nSPS) is 14.2. The number of anilines is 2. The molecule has 4 heterocycles. The van der Waals surface area contributed by atoms with E-state index in [0.29, 0.717) is 11.4 Å². The molecular formula is C35H33N7O2. The van der Waals surface area contributed by atoms with Gasteiger partial charge in [0.15, 0.2) is 11.3 Å². The molecule has 1 fully saturated rings. The quantitative estimate of drug-likeness (QED) is 0.210. The van der Waals surface area contributed by atoms with Crippen LogP contribution in [0.15, 0.2) is 97.2 Å². The Kier molecular flexibility index (Phi) is 7.37. The number of carbonyl (C=O) groups excluding carboxylic acids is 1. The molecule has 1 saturated heterocycles. The van der Waals surface area contributed by atoms with Crippen molar-refractivity contribution in [2.75, 3.05) is 24.1 Å². The Morgan fingerprint density at radius 3 is 2.52 bits per heavy atom. The van der Waals surface area contributed by atoms with E-state index in [1.54, 1.807) is 24.3 Å². The molecule has 0 atom stereocenters. The highest BCUT2D eigenvalue weighted by Gasteiger charge is 2.23. The van der Waals surface area contributed by atoms with Crippen LogP contribution >= 0.6 is 0 Å². The highest BCUT2D eigenvalue weighted by Crippen LogP contribution is 2.34. The van der Waals surface area contributed by atoms with Gasteiger partial charge in [0.25, 0.3) is 0 Å². The topological polar surface area (TPSA) is 111 Å². The smallest absolute Gasteiger partial charge is 0.411 e. The third-order valence-corrected chi connectivity index (χ3v) is 8.04. The van der Waals surface area contributed by atoms with Gasteiger partial charge in [-0.1, -0.05) is 60.7 Å². The summed E-state index contributed by atoms with van der Waals surface area (Å²) in [6.45, 7) is 4.51. The molecule has 0 aliphatic carbocycles. The lowest BCUT2D eigenvalue weighted by atomic mass is 9.97. The lowest BCUT2D eigenvalue weighted by Crippen LogP contribution is -2.38. The average Bonchev–Trinajstić information content (AvgIpc) is 3.43. The maximum Gasteiger partial charge on any atom is 0.411 e. The van der Waals surface area contributed by atoms with Gasteiger partial charge in [-0.05, 0) is 55.2 Å². The molecule has 0 spiro atoms. The molecule has 3 N–H and O–H groups in total. The lowest BCUT2D eigenvalue weighted by molar-refractivity contribution is 0.0567. The van der Waals surface area contributed by atoms with Crippen LogP contribution in [0.25, 0.3) is 39.1 Å². The molecule has 7 rings (SSSR count). The summed E-state index contributed by atoms with van der Waals surface area (Å²) >= 11 is 0. The first-order valence-electron chi connectivity index (χ1n) is 14.8. The summed E-state index contributed by atoms with van der Waals surface area (Å²) in [6, 6.07) is 30.2. The summed E-state index contributed by atoms with van der Waals surface area (Å²) in [5, 5.41) is 8.36. The van der Waals surface area contributed by atoms with Crippen molar-refractivity contribution in [1.82, 2.24) is 24.5 Å². The Morgan fingerprint density at radius 2 is 1.75 bits per heavy atom. The number of benzene rings is 3. The molecule has 9 heteroatoms. The van der Waals surface area contributed by atoms with Gasteiger partial charge in [0.2, 0.25) is 0 Å². The van der Waals surface area contributed by atoms with E-state index in [-0.39, 0.29) is 6.10 Å². The maximum atomic E-state index is 12.4. The van der Waals surface area contributed by atoms with Gasteiger partial charge >= 0.3 is 6.09 Å². The zero-order chi connectivity index (χ0) is 30.0. The SMILES string of the molecule is Cc1cc2ncc3cc(-c4ccccc4)c(-c4ccc(CN5CCC(OC(=O)Nc6cccc(N)c6)CC5)cc4)nc3n2n1. The second-order valence-electron chi connectivity index (χ2n) is 11.3. The number of hydrogen-bond acceptors (Lipinski definition) is 7. The number of hydrogen-bond donors (Lipinski definition) is 2. The van der Waals surface area contributed by atoms with Gasteiger partial charge in [-0.15, -0.1) is 0 Å². The molecule has 220 valence electrons. The molecule has 0 bridgehead atoms. The fourth-order valence-corrected chi connectivity index (χ4v) is 5.84. The Balaban J connectivity index is 1.06. The zero-order valence-corrected chi connectivity index (χ0v) is 24.5. The minimum Gasteiger partial charge on any atom is -0.446 e. The second-order valence-corrected chi connectivity index (χ2v) is 11.3. The predicted octanol–water partition coefficient (Wildman–Crippen LogP) is 6.72. The van der Waals surface area contributed by atoms with Crippen LogP contribution in [0.1, 0.15) is 24.1 Å². The summed E-state index contributed by atoms with van der Waals surface area (Å²) in [4.78, 5) is 24.5. The van der Waals surface area contributed by atoms with Crippen molar-refractivity contribution in [3.05, 3.63) is 108 Å². The summed E-state index contributed by atoms with van der Waals surface area (Å²) < 4.78 is 7.50. The number of ether oxygens (including phenoxy) is 1. The number of fused-ring (bicyclic) bond motifs is 3. The Morgan fingerprint density at radius 1 is 0.955 bits per heavy atom. The van der Waals surface area contributed by atoms with Crippen molar-refractivity contribution in [2.24, 2.45) is 0 Å². The molecule has 9 nitrogen and oxygen atoms in total. The van der Waals surface area contributed by atoms with Gasteiger partial charge in [-0.3, -0.25) is 10.2 Å². The van der Waals surface area contributed by atoms with Crippen molar-refractivity contribution in [1.29, 1.82) is 0 Å². The van der Waals surface area contributed by atoms with E-state index >= 15 is 0 Å². The number of nitrogens with zero attached hydrogens (tertiary/aromatic N) is 5. The van der Waals surface area contributed by atoms with Crippen molar-refractivity contribution >= 4 is 34.1 Å². The molecule has 1 amide bonds. The van der Waals surface area contributed by atoms with E-state index in [1.165, 1.54) is 5.56 Å². The number of nitrogen functional groups attached to an aromatic ring is 1. The molecule has 0 unspecified atom stereocenters. The summed E-state index contributed by atoms with van der Waals surface area (Å²) in [5.74, 6) is 0. The number of nitrogens with two attached hydrogens (primary N) is 1. The van der Waals surface area contributed by atoms with Crippen LogP contribution in [0, 0.1) is 6.92 Å². The van der Waals surface area contributed by atoms with Crippen LogP contribution in [0.3, 0.4) is 0 Å². The van der Waals surface area contributed by atoms with Crippen molar-refractivity contribution < 1.29 is 9.53 Å². The van der Waals surface area contributed by atoms with Crippen LogP contribution in [0.4, 0.5) is 16.2 Å². The van der Waals surface area contributed by atoms with Gasteiger partial charge in [0.05, 0.1) is 11.4 Å². The first-order valence-corrected chi connectivity index (χ1v) is 14.8. The second kappa shape index (κ2) is 11.8. The minimum atomic E-state index is -0.443. The molecule has 0 radical (unpaired) electrons. The minimum absolute atomic E-state index is 0.106. The molecule has 3 aromatic carbocycles. The largest absolute Gasteiger partial charge is 0.446 e. The molecular weight excluding hydrogens is 550 g/mol. The predicted molar refractivity (Wildman–Crippen MR) is 173 cm³/mol. The van der Waals surface area contributed by atoms with Gasteiger partial charge in [-0.2, -0.15) is 9.61 Å². The fraction of sp³-hybridized carbons (Fsp3) is 0.200. The first-order chi connectivity index (χ1) is 21.5. The number of nitrogens with one attached hydrogen (secondary N) is 1. The van der Waals surface area contributed by atoms with Gasteiger partial charge in [0.1, 0.15) is 6.10 Å². The Bertz CT molecular complexity index is 1950. The molecule has 0 saturated carbocycles. The Hall–Kier alpha value is -5.28.